The van der Waals surface area contributed by atoms with Gasteiger partial charge in [-0.15, -0.1) is 0 Å². The molecule has 0 fully saturated rings. The minimum absolute atomic E-state index is 0. The minimum Gasteiger partial charge on any atom is -0.550 e. The third-order valence-electron chi connectivity index (χ3n) is 7.15. The van der Waals surface area contributed by atoms with Crippen LogP contribution in [-0.4, -0.2) is 10.9 Å². The van der Waals surface area contributed by atoms with Gasteiger partial charge >= 0.3 is 54.3 Å². The van der Waals surface area contributed by atoms with Crippen molar-refractivity contribution in [3.05, 3.63) is 126 Å². The normalized spacial score (nSPS) is 11.1. The molecule has 1 N–H and O–H groups in total. The van der Waals surface area contributed by atoms with Crippen molar-refractivity contribution >= 4 is 46.7 Å². The summed E-state index contributed by atoms with van der Waals surface area (Å²) in [7, 11) is -4.58. The summed E-state index contributed by atoms with van der Waals surface area (Å²) in [5.41, 5.74) is 2.79. The maximum atomic E-state index is 12.4. The number of fused-ring (bicyclic) bond motifs is 3. The van der Waals surface area contributed by atoms with E-state index in [2.05, 4.69) is 0 Å². The van der Waals surface area contributed by atoms with Crippen molar-refractivity contribution < 1.29 is 71.2 Å². The third kappa shape index (κ3) is 9.12. The van der Waals surface area contributed by atoms with Crippen LogP contribution < -0.4 is 60.6 Å². The van der Waals surface area contributed by atoms with Crippen LogP contribution >= 0.6 is 7.82 Å². The van der Waals surface area contributed by atoms with Gasteiger partial charge in [0.05, 0.1) is 0 Å². The van der Waals surface area contributed by atoms with Crippen LogP contribution in [0.2, 0.25) is 0 Å². The molecule has 0 aliphatic heterocycles. The molecule has 0 aliphatic carbocycles. The summed E-state index contributed by atoms with van der Waals surface area (Å²) in [5, 5.41) is 12.6. The number of benzene rings is 3. The molecule has 6 aromatic rings. The molecule has 3 heterocycles. The molecule has 242 valence electrons. The van der Waals surface area contributed by atoms with Gasteiger partial charge in [-0.2, -0.15) is 0 Å². The number of hydrogen-bond donors (Lipinski definition) is 1. The molecule has 0 bridgehead atoms. The van der Waals surface area contributed by atoms with Crippen LogP contribution in [0.4, 0.5) is 0 Å². The van der Waals surface area contributed by atoms with Crippen molar-refractivity contribution in [3.8, 4) is 11.5 Å². The van der Waals surface area contributed by atoms with Crippen molar-refractivity contribution in [1.29, 1.82) is 0 Å². The van der Waals surface area contributed by atoms with Gasteiger partial charge in [0.15, 0.2) is 0 Å². The van der Waals surface area contributed by atoms with E-state index in [1.165, 1.54) is 42.5 Å². The zero-order valence-electron chi connectivity index (χ0n) is 26.4. The zero-order valence-corrected chi connectivity index (χ0v) is 29.3. The standard InChI is InChI=1S/C20H15O8P.C14H14O4.Na/c1-11-7-19(21)25-17-9-13(3-5-15(11)17)27-29(23,24)28-14-4-6-16-12(2)8-20(22)26-18(16)10-14;1-9-7-14(17)18-12-8-10(5-6-11(9)12)3-2-4-13(15)16;/h3-10H,1-2H3,(H,23,24);5-8H,2-4H2,1H3,(H,15,16);/q;;+1/p-1. The molecule has 0 atom stereocenters. The van der Waals surface area contributed by atoms with E-state index in [1.807, 2.05) is 19.1 Å². The number of phosphoric acid groups is 1. The molecular formula is C34H28NaO12P. The Morgan fingerprint density at radius 1 is 0.688 bits per heavy atom. The second-order valence-corrected chi connectivity index (χ2v) is 12.1. The molecule has 0 saturated heterocycles. The summed E-state index contributed by atoms with van der Waals surface area (Å²) in [6, 6.07) is 18.6. The first kappa shape index (κ1) is 36.4. The van der Waals surface area contributed by atoms with Gasteiger partial charge in [-0.1, -0.05) is 12.1 Å². The smallest absolute Gasteiger partial charge is 0.550 e. The molecule has 0 aliphatic rings. The predicted octanol–water partition coefficient (Wildman–Crippen LogP) is 2.25. The average molecular weight is 683 g/mol. The number of phosphoric ester groups is 1. The molecule has 0 saturated carbocycles. The molecule has 3 aromatic heterocycles. The second kappa shape index (κ2) is 15.2. The van der Waals surface area contributed by atoms with E-state index in [0.717, 1.165) is 16.5 Å². The molecule has 0 amide bonds. The van der Waals surface area contributed by atoms with E-state index >= 15 is 0 Å². The van der Waals surface area contributed by atoms with Crippen LogP contribution in [0.25, 0.3) is 32.9 Å². The Labute approximate surface area is 294 Å². The van der Waals surface area contributed by atoms with Crippen LogP contribution in [0.15, 0.2) is 100 Å². The molecule has 48 heavy (non-hydrogen) atoms. The van der Waals surface area contributed by atoms with Gasteiger partial charge in [0.25, 0.3) is 0 Å². The van der Waals surface area contributed by atoms with Crippen LogP contribution in [0.1, 0.15) is 35.1 Å². The Morgan fingerprint density at radius 3 is 1.50 bits per heavy atom. The van der Waals surface area contributed by atoms with Crippen LogP contribution in [0, 0.1) is 20.8 Å². The quantitative estimate of drug-likeness (QED) is 0.140. The topological polar surface area (TPSA) is 187 Å². The van der Waals surface area contributed by atoms with Gasteiger partial charge < -0.3 is 32.2 Å². The van der Waals surface area contributed by atoms with Crippen LogP contribution in [0.3, 0.4) is 0 Å². The van der Waals surface area contributed by atoms with Crippen molar-refractivity contribution in [2.24, 2.45) is 0 Å². The molecule has 0 unspecified atom stereocenters. The average Bonchev–Trinajstić information content (AvgIpc) is 2.96. The Kier molecular flexibility index (Phi) is 11.5. The van der Waals surface area contributed by atoms with Gasteiger partial charge in [-0.25, -0.2) is 18.9 Å². The Morgan fingerprint density at radius 2 is 1.08 bits per heavy atom. The van der Waals surface area contributed by atoms with Gasteiger partial charge in [-0.05, 0) is 92.6 Å². The van der Waals surface area contributed by atoms with Crippen molar-refractivity contribution in [2.45, 2.75) is 40.0 Å². The number of rotatable bonds is 8. The van der Waals surface area contributed by atoms with Gasteiger partial charge in [0, 0.05) is 52.5 Å². The fourth-order valence-corrected chi connectivity index (χ4v) is 5.77. The number of aliphatic carboxylic acids is 1. The summed E-state index contributed by atoms with van der Waals surface area (Å²) in [6.45, 7) is 5.36. The Balaban J connectivity index is 0.000000236. The first-order valence-corrected chi connectivity index (χ1v) is 15.8. The zero-order chi connectivity index (χ0) is 33.9. The largest absolute Gasteiger partial charge is 1.00 e. The first-order chi connectivity index (χ1) is 22.3. The van der Waals surface area contributed by atoms with Crippen molar-refractivity contribution in [3.63, 3.8) is 0 Å². The minimum atomic E-state index is -4.58. The van der Waals surface area contributed by atoms with Gasteiger partial charge in [-0.3, -0.25) is 4.89 Å². The molecule has 14 heteroatoms. The number of carboxylic acids is 1. The first-order valence-electron chi connectivity index (χ1n) is 14.3. The van der Waals surface area contributed by atoms with E-state index in [0.29, 0.717) is 40.3 Å². The fourth-order valence-electron chi connectivity index (χ4n) is 4.97. The molecule has 0 spiro atoms. The van der Waals surface area contributed by atoms with E-state index in [1.54, 1.807) is 32.0 Å². The maximum Gasteiger partial charge on any atom is 1.00 e. The molecule has 3 aromatic carbocycles. The monoisotopic (exact) mass is 682 g/mol. The number of carboxylic acid groups (broad SMARTS) is 1. The Hall–Kier alpha value is -4.45. The van der Waals surface area contributed by atoms with Crippen LogP contribution in [-0.2, 0) is 15.8 Å². The number of hydrogen-bond acceptors (Lipinski definition) is 11. The summed E-state index contributed by atoms with van der Waals surface area (Å²) >= 11 is 0. The maximum absolute atomic E-state index is 12.4. The predicted molar refractivity (Wildman–Crippen MR) is 171 cm³/mol. The third-order valence-corrected chi connectivity index (χ3v) is 8.03. The molecular weight excluding hydrogens is 654 g/mol. The van der Waals surface area contributed by atoms with E-state index in [9.17, 15) is 33.7 Å². The number of carbonyl (C=O) groups is 1. The van der Waals surface area contributed by atoms with Crippen molar-refractivity contribution in [2.75, 3.05) is 0 Å². The molecule has 0 radical (unpaired) electrons. The fraction of sp³-hybridized carbons (Fsp3) is 0.176. The summed E-state index contributed by atoms with van der Waals surface area (Å²) < 4.78 is 37.9. The second-order valence-electron chi connectivity index (χ2n) is 10.8. The summed E-state index contributed by atoms with van der Waals surface area (Å²) in [5.74, 6) is -1.07. The number of aryl methyl sites for hydroxylation is 4. The Bertz CT molecular complexity index is 2270. The van der Waals surface area contributed by atoms with E-state index < -0.39 is 25.0 Å². The van der Waals surface area contributed by atoms with Gasteiger partial charge in [0.2, 0.25) is 0 Å². The molecule has 6 rings (SSSR count). The number of carbonyl (C=O) groups excluding carboxylic acids is 1. The summed E-state index contributed by atoms with van der Waals surface area (Å²) in [6.07, 6.45) is 1.18. The van der Waals surface area contributed by atoms with Crippen LogP contribution in [0.5, 0.6) is 11.5 Å². The SMILES string of the molecule is Cc1cc(=O)oc2cc(CCCC(=O)[O-])ccc12.Cc1cc(=O)oc2cc(OP(=O)(O)Oc3ccc4c(C)cc(=O)oc4c3)ccc12.[Na+]. The summed E-state index contributed by atoms with van der Waals surface area (Å²) in [4.78, 5) is 54.8. The van der Waals surface area contributed by atoms with E-state index in [4.69, 9.17) is 22.3 Å². The van der Waals surface area contributed by atoms with E-state index in [-0.39, 0.29) is 64.3 Å². The van der Waals surface area contributed by atoms with Gasteiger partial charge in [0.1, 0.15) is 28.2 Å². The molecule has 12 nitrogen and oxygen atoms in total. The van der Waals surface area contributed by atoms with Crippen molar-refractivity contribution in [1.82, 2.24) is 0 Å².